The topological polar surface area (TPSA) is 58.1 Å². The van der Waals surface area contributed by atoms with Crippen molar-refractivity contribution >= 4 is 11.3 Å². The van der Waals surface area contributed by atoms with Crippen LogP contribution in [0.5, 0.6) is 11.5 Å². The van der Waals surface area contributed by atoms with Gasteiger partial charge in [-0.3, -0.25) is 4.90 Å². The van der Waals surface area contributed by atoms with E-state index in [1.165, 1.54) is 32.1 Å². The van der Waals surface area contributed by atoms with Crippen molar-refractivity contribution < 1.29 is 14.6 Å². The monoisotopic (exact) mass is 447 g/mol. The third-order valence-electron chi connectivity index (χ3n) is 5.60. The average Bonchev–Trinajstić information content (AvgIpc) is 3.13. The fraction of sp³-hybridized carbons (Fsp3) is 0.625. The first-order valence-corrected chi connectivity index (χ1v) is 12.2. The number of aryl methyl sites for hydroxylation is 1. The average molecular weight is 448 g/mol. The maximum atomic E-state index is 10.5. The predicted molar refractivity (Wildman–Crippen MR) is 126 cm³/mol. The first-order valence-electron chi connectivity index (χ1n) is 11.3. The largest absolute Gasteiger partial charge is 0.493 e. The molecule has 172 valence electrons. The van der Waals surface area contributed by atoms with Gasteiger partial charge in [0.25, 0.3) is 0 Å². The first-order chi connectivity index (χ1) is 15.0. The molecule has 0 saturated carbocycles. The van der Waals surface area contributed by atoms with Crippen LogP contribution in [0, 0.1) is 6.92 Å². The molecule has 1 aliphatic heterocycles. The lowest BCUT2D eigenvalue weighted by Crippen LogP contribution is -2.37. The van der Waals surface area contributed by atoms with Gasteiger partial charge in [0.05, 0.1) is 13.7 Å². The van der Waals surface area contributed by atoms with Crippen LogP contribution in [0.2, 0.25) is 0 Å². The van der Waals surface area contributed by atoms with E-state index < -0.39 is 6.10 Å². The number of benzene rings is 1. The second-order valence-corrected chi connectivity index (χ2v) is 9.52. The Labute approximate surface area is 190 Å². The summed E-state index contributed by atoms with van der Waals surface area (Å²) in [6, 6.07) is 6.02. The van der Waals surface area contributed by atoms with Gasteiger partial charge in [-0.2, -0.15) is 0 Å². The van der Waals surface area contributed by atoms with Gasteiger partial charge in [-0.15, -0.1) is 11.3 Å². The lowest BCUT2D eigenvalue weighted by molar-refractivity contribution is 0.0645. The van der Waals surface area contributed by atoms with Crippen molar-refractivity contribution in [2.24, 2.45) is 0 Å². The van der Waals surface area contributed by atoms with Crippen molar-refractivity contribution in [2.45, 2.75) is 58.2 Å². The highest BCUT2D eigenvalue weighted by Crippen LogP contribution is 2.29. The molecule has 1 aromatic heterocycles. The highest BCUT2D eigenvalue weighted by molar-refractivity contribution is 7.09. The lowest BCUT2D eigenvalue weighted by atomic mass is 10.1. The maximum Gasteiger partial charge on any atom is 0.161 e. The molecule has 0 aliphatic carbocycles. The van der Waals surface area contributed by atoms with Gasteiger partial charge in [0, 0.05) is 24.2 Å². The number of rotatable bonds is 10. The number of methoxy groups -OCH3 is 1. The van der Waals surface area contributed by atoms with Crippen LogP contribution in [0.25, 0.3) is 0 Å². The van der Waals surface area contributed by atoms with Crippen molar-refractivity contribution in [3.8, 4) is 11.5 Å². The summed E-state index contributed by atoms with van der Waals surface area (Å²) in [6.45, 7) is 6.73. The van der Waals surface area contributed by atoms with Crippen LogP contribution in [-0.2, 0) is 13.1 Å². The van der Waals surface area contributed by atoms with Crippen molar-refractivity contribution in [3.05, 3.63) is 39.8 Å². The molecule has 7 heteroatoms. The van der Waals surface area contributed by atoms with Crippen LogP contribution in [0.1, 0.15) is 48.4 Å². The Bertz CT molecular complexity index is 790. The van der Waals surface area contributed by atoms with Gasteiger partial charge < -0.3 is 19.5 Å². The molecule has 31 heavy (non-hydrogen) atoms. The summed E-state index contributed by atoms with van der Waals surface area (Å²) < 4.78 is 11.5. The summed E-state index contributed by atoms with van der Waals surface area (Å²) in [5, 5.41) is 13.7. The second kappa shape index (κ2) is 12.4. The van der Waals surface area contributed by atoms with E-state index in [1.807, 2.05) is 19.1 Å². The quantitative estimate of drug-likeness (QED) is 0.592. The van der Waals surface area contributed by atoms with Gasteiger partial charge in [-0.25, -0.2) is 4.98 Å². The molecule has 0 bridgehead atoms. The van der Waals surface area contributed by atoms with Gasteiger partial charge in [0.2, 0.25) is 0 Å². The van der Waals surface area contributed by atoms with Crippen molar-refractivity contribution in [2.75, 3.05) is 40.4 Å². The second-order valence-electron chi connectivity index (χ2n) is 8.57. The standard InChI is InChI=1S/C24H37N3O3S/c1-19-18-31-24(25-19)16-26(2)14-20-9-10-22(23(13-20)29-3)30-17-21(28)15-27-11-7-5-4-6-8-12-27/h9-10,13,18,21,28H,4-8,11-12,14-17H2,1-3H3/t21-/m1/s1. The molecule has 0 amide bonds. The number of aliphatic hydroxyl groups is 1. The molecule has 1 fully saturated rings. The minimum atomic E-state index is -0.503. The molecule has 0 spiro atoms. The molecule has 1 N–H and O–H groups in total. The van der Waals surface area contributed by atoms with Gasteiger partial charge in [-0.1, -0.05) is 25.3 Å². The summed E-state index contributed by atoms with van der Waals surface area (Å²) in [6.07, 6.45) is 5.88. The number of hydrogen-bond acceptors (Lipinski definition) is 7. The van der Waals surface area contributed by atoms with Crippen molar-refractivity contribution in [1.29, 1.82) is 0 Å². The zero-order valence-electron chi connectivity index (χ0n) is 19.2. The van der Waals surface area contributed by atoms with E-state index in [0.717, 1.165) is 42.4 Å². The molecule has 1 saturated heterocycles. The number of aromatic nitrogens is 1. The highest BCUT2D eigenvalue weighted by Gasteiger charge is 2.15. The van der Waals surface area contributed by atoms with Crippen molar-refractivity contribution in [3.63, 3.8) is 0 Å². The number of β-amino-alcohol motifs (C(OH)–C–C–N with tert-alkyl or cyclic N) is 1. The Kier molecular flexibility index (Phi) is 9.58. The van der Waals surface area contributed by atoms with Crippen LogP contribution in [-0.4, -0.2) is 66.4 Å². The molecular weight excluding hydrogens is 410 g/mol. The Morgan fingerprint density at radius 3 is 2.55 bits per heavy atom. The molecule has 1 atom stereocenters. The number of hydrogen-bond donors (Lipinski definition) is 1. The van der Waals surface area contributed by atoms with E-state index >= 15 is 0 Å². The van der Waals surface area contributed by atoms with Crippen LogP contribution in [0.3, 0.4) is 0 Å². The summed E-state index contributed by atoms with van der Waals surface area (Å²) in [7, 11) is 3.75. The zero-order chi connectivity index (χ0) is 22.1. The summed E-state index contributed by atoms with van der Waals surface area (Å²) in [4.78, 5) is 9.14. The Hall–Kier alpha value is -1.67. The first kappa shape index (κ1) is 24.0. The zero-order valence-corrected chi connectivity index (χ0v) is 20.0. The number of thiazole rings is 1. The molecule has 0 unspecified atom stereocenters. The molecule has 1 aromatic carbocycles. The molecule has 6 nitrogen and oxygen atoms in total. The smallest absolute Gasteiger partial charge is 0.161 e. The highest BCUT2D eigenvalue weighted by atomic mass is 32.1. The molecule has 3 rings (SSSR count). The summed E-state index contributed by atoms with van der Waals surface area (Å²) in [5.74, 6) is 1.38. The van der Waals surface area contributed by atoms with E-state index in [4.69, 9.17) is 9.47 Å². The van der Waals surface area contributed by atoms with E-state index in [0.29, 0.717) is 18.0 Å². The lowest BCUT2D eigenvalue weighted by Gasteiger charge is -2.26. The minimum absolute atomic E-state index is 0.273. The SMILES string of the molecule is COc1cc(CN(C)Cc2nc(C)cs2)ccc1OC[C@H](O)CN1CCCCCCC1. The van der Waals surface area contributed by atoms with Gasteiger partial charge in [0.1, 0.15) is 17.7 Å². The van der Waals surface area contributed by atoms with E-state index in [9.17, 15) is 5.11 Å². The fourth-order valence-electron chi connectivity index (χ4n) is 4.04. The van der Waals surface area contributed by atoms with Crippen LogP contribution in [0.4, 0.5) is 0 Å². The third-order valence-corrected chi connectivity index (χ3v) is 6.55. The molecule has 0 radical (unpaired) electrons. The normalized spacial score (nSPS) is 16.7. The third kappa shape index (κ3) is 8.07. The summed E-state index contributed by atoms with van der Waals surface area (Å²) >= 11 is 1.70. The number of ether oxygens (including phenoxy) is 2. The molecule has 2 aromatic rings. The Morgan fingerprint density at radius 1 is 1.13 bits per heavy atom. The Balaban J connectivity index is 1.49. The van der Waals surface area contributed by atoms with E-state index in [-0.39, 0.29) is 6.61 Å². The van der Waals surface area contributed by atoms with Crippen LogP contribution < -0.4 is 9.47 Å². The van der Waals surface area contributed by atoms with Gasteiger partial charge in [-0.05, 0) is 57.6 Å². The number of likely N-dealkylation sites (tertiary alicyclic amines) is 1. The number of nitrogens with zero attached hydrogens (tertiary/aromatic N) is 3. The molecule has 2 heterocycles. The molecular formula is C24H37N3O3S. The van der Waals surface area contributed by atoms with E-state index in [1.54, 1.807) is 18.4 Å². The number of aliphatic hydroxyl groups excluding tert-OH is 1. The molecule has 1 aliphatic rings. The predicted octanol–water partition coefficient (Wildman–Crippen LogP) is 4.10. The van der Waals surface area contributed by atoms with Crippen LogP contribution in [0.15, 0.2) is 23.6 Å². The minimum Gasteiger partial charge on any atom is -0.493 e. The fourth-order valence-corrected chi connectivity index (χ4v) is 4.89. The van der Waals surface area contributed by atoms with Crippen LogP contribution >= 0.6 is 11.3 Å². The summed E-state index contributed by atoms with van der Waals surface area (Å²) in [5.41, 5.74) is 2.23. The Morgan fingerprint density at radius 2 is 1.87 bits per heavy atom. The van der Waals surface area contributed by atoms with Crippen molar-refractivity contribution in [1.82, 2.24) is 14.8 Å². The van der Waals surface area contributed by atoms with Gasteiger partial charge in [0.15, 0.2) is 11.5 Å². The van der Waals surface area contributed by atoms with E-state index in [2.05, 4.69) is 33.3 Å². The van der Waals surface area contributed by atoms with Gasteiger partial charge >= 0.3 is 0 Å². The maximum absolute atomic E-state index is 10.5.